The van der Waals surface area contributed by atoms with Crippen LogP contribution in [0.2, 0.25) is 0 Å². The molecule has 0 aliphatic carbocycles. The molecule has 1 N–H and O–H groups in total. The van der Waals surface area contributed by atoms with Crippen molar-refractivity contribution in [2.24, 2.45) is 0 Å². The summed E-state index contributed by atoms with van der Waals surface area (Å²) >= 11 is 0. The number of aliphatic hydroxyl groups excluding tert-OH is 1. The van der Waals surface area contributed by atoms with Gasteiger partial charge in [-0.15, -0.1) is 0 Å². The zero-order chi connectivity index (χ0) is 15.1. The largest absolute Gasteiger partial charge is 0.491 e. The number of ether oxygens (including phenoxy) is 2. The van der Waals surface area contributed by atoms with Gasteiger partial charge < -0.3 is 14.6 Å². The first-order valence-corrected chi connectivity index (χ1v) is 7.17. The van der Waals surface area contributed by atoms with Crippen LogP contribution in [0.15, 0.2) is 48.5 Å². The minimum atomic E-state index is -0.596. The number of rotatable bonds is 7. The average molecular weight is 286 g/mol. The monoisotopic (exact) mass is 286 g/mol. The molecule has 0 heterocycles. The van der Waals surface area contributed by atoms with Gasteiger partial charge in [0, 0.05) is 0 Å². The Morgan fingerprint density at radius 1 is 0.952 bits per heavy atom. The molecule has 1 unspecified atom stereocenters. The van der Waals surface area contributed by atoms with Crippen molar-refractivity contribution in [2.75, 3.05) is 19.8 Å². The van der Waals surface area contributed by atoms with E-state index < -0.39 is 6.10 Å². The van der Waals surface area contributed by atoms with Crippen LogP contribution < -0.4 is 4.74 Å². The molecule has 0 radical (unpaired) electrons. The summed E-state index contributed by atoms with van der Waals surface area (Å²) in [4.78, 5) is 0. The van der Waals surface area contributed by atoms with Gasteiger partial charge in [-0.05, 0) is 42.7 Å². The molecule has 0 spiro atoms. The number of benzene rings is 2. The summed E-state index contributed by atoms with van der Waals surface area (Å²) in [6.45, 7) is 5.31. The van der Waals surface area contributed by atoms with E-state index in [9.17, 15) is 5.11 Å². The normalized spacial score (nSPS) is 12.1. The van der Waals surface area contributed by atoms with Crippen LogP contribution in [0.3, 0.4) is 0 Å². The second-order valence-corrected chi connectivity index (χ2v) is 5.10. The highest BCUT2D eigenvalue weighted by atomic mass is 16.5. The maximum atomic E-state index is 10.1. The van der Waals surface area contributed by atoms with Crippen LogP contribution in [-0.2, 0) is 4.74 Å². The van der Waals surface area contributed by atoms with Crippen molar-refractivity contribution < 1.29 is 14.6 Å². The van der Waals surface area contributed by atoms with E-state index in [2.05, 4.69) is 6.92 Å². The van der Waals surface area contributed by atoms with E-state index in [-0.39, 0.29) is 6.61 Å². The second kappa shape index (κ2) is 7.81. The second-order valence-electron chi connectivity index (χ2n) is 5.10. The number of hydrogen-bond acceptors (Lipinski definition) is 3. The van der Waals surface area contributed by atoms with Crippen LogP contribution >= 0.6 is 0 Å². The summed E-state index contributed by atoms with van der Waals surface area (Å²) in [7, 11) is 0. The lowest BCUT2D eigenvalue weighted by Gasteiger charge is -2.13. The van der Waals surface area contributed by atoms with Crippen molar-refractivity contribution in [1.29, 1.82) is 0 Å². The number of hydrogen-bond donors (Lipinski definition) is 1. The SMILES string of the molecule is Cc1ccc(C(O)COCCOc2ccccc2)cc1C. The van der Waals surface area contributed by atoms with E-state index in [1.165, 1.54) is 11.1 Å². The summed E-state index contributed by atoms with van der Waals surface area (Å²) < 4.78 is 11.0. The van der Waals surface area contributed by atoms with Crippen LogP contribution in [0.4, 0.5) is 0 Å². The van der Waals surface area contributed by atoms with E-state index in [4.69, 9.17) is 9.47 Å². The number of para-hydroxylation sites is 1. The molecule has 2 rings (SSSR count). The Bertz CT molecular complexity index is 552. The Balaban J connectivity index is 1.69. The van der Waals surface area contributed by atoms with Crippen molar-refractivity contribution in [3.05, 3.63) is 65.2 Å². The average Bonchev–Trinajstić information content (AvgIpc) is 2.50. The Morgan fingerprint density at radius 3 is 2.43 bits per heavy atom. The molecule has 0 aliphatic rings. The Morgan fingerprint density at radius 2 is 1.71 bits per heavy atom. The third kappa shape index (κ3) is 4.88. The zero-order valence-electron chi connectivity index (χ0n) is 12.6. The van der Waals surface area contributed by atoms with Gasteiger partial charge in [-0.1, -0.05) is 36.4 Å². The fourth-order valence-electron chi connectivity index (χ4n) is 2.00. The van der Waals surface area contributed by atoms with Crippen LogP contribution in [-0.4, -0.2) is 24.9 Å². The van der Waals surface area contributed by atoms with Gasteiger partial charge in [0.25, 0.3) is 0 Å². The van der Waals surface area contributed by atoms with Gasteiger partial charge in [0.15, 0.2) is 0 Å². The first-order valence-electron chi connectivity index (χ1n) is 7.17. The maximum absolute atomic E-state index is 10.1. The third-order valence-corrected chi connectivity index (χ3v) is 3.43. The molecular weight excluding hydrogens is 264 g/mol. The van der Waals surface area contributed by atoms with Crippen LogP contribution in [0.1, 0.15) is 22.8 Å². The minimum Gasteiger partial charge on any atom is -0.491 e. The lowest BCUT2D eigenvalue weighted by molar-refractivity contribution is 0.0239. The van der Waals surface area contributed by atoms with Gasteiger partial charge >= 0.3 is 0 Å². The summed E-state index contributed by atoms with van der Waals surface area (Å²) in [6.07, 6.45) is -0.596. The highest BCUT2D eigenvalue weighted by Crippen LogP contribution is 2.17. The molecule has 0 aromatic heterocycles. The van der Waals surface area contributed by atoms with Crippen molar-refractivity contribution in [2.45, 2.75) is 20.0 Å². The molecule has 3 heteroatoms. The van der Waals surface area contributed by atoms with E-state index in [1.54, 1.807) is 0 Å². The predicted octanol–water partition coefficient (Wildman–Crippen LogP) is 3.43. The molecule has 3 nitrogen and oxygen atoms in total. The van der Waals surface area contributed by atoms with Crippen molar-refractivity contribution in [3.63, 3.8) is 0 Å². The number of aryl methyl sites for hydroxylation is 2. The molecule has 0 bridgehead atoms. The minimum absolute atomic E-state index is 0.278. The van der Waals surface area contributed by atoms with Gasteiger partial charge in [-0.3, -0.25) is 0 Å². The van der Waals surface area contributed by atoms with Crippen molar-refractivity contribution >= 4 is 0 Å². The Labute approximate surface area is 126 Å². The summed E-state index contributed by atoms with van der Waals surface area (Å²) in [5, 5.41) is 10.1. The van der Waals surface area contributed by atoms with E-state index in [0.29, 0.717) is 13.2 Å². The highest BCUT2D eigenvalue weighted by molar-refractivity contribution is 5.31. The molecule has 0 amide bonds. The van der Waals surface area contributed by atoms with E-state index >= 15 is 0 Å². The molecule has 2 aromatic rings. The lowest BCUT2D eigenvalue weighted by Crippen LogP contribution is -2.12. The van der Waals surface area contributed by atoms with Crippen LogP contribution in [0, 0.1) is 13.8 Å². The van der Waals surface area contributed by atoms with Gasteiger partial charge in [0.1, 0.15) is 18.5 Å². The van der Waals surface area contributed by atoms with Gasteiger partial charge in [-0.2, -0.15) is 0 Å². The van der Waals surface area contributed by atoms with Gasteiger partial charge in [0.05, 0.1) is 13.2 Å². The van der Waals surface area contributed by atoms with Gasteiger partial charge in [-0.25, -0.2) is 0 Å². The lowest BCUT2D eigenvalue weighted by atomic mass is 10.0. The van der Waals surface area contributed by atoms with E-state index in [0.717, 1.165) is 11.3 Å². The standard InChI is InChI=1S/C18H22O3/c1-14-8-9-16(12-15(14)2)18(19)13-20-10-11-21-17-6-4-3-5-7-17/h3-9,12,18-19H,10-11,13H2,1-2H3. The molecular formula is C18H22O3. The molecule has 0 aliphatic heterocycles. The quantitative estimate of drug-likeness (QED) is 0.793. The Hall–Kier alpha value is -1.84. The third-order valence-electron chi connectivity index (χ3n) is 3.43. The summed E-state index contributed by atoms with van der Waals surface area (Å²) in [6, 6.07) is 15.6. The summed E-state index contributed by atoms with van der Waals surface area (Å²) in [5.41, 5.74) is 3.30. The van der Waals surface area contributed by atoms with Crippen LogP contribution in [0.5, 0.6) is 5.75 Å². The first kappa shape index (κ1) is 15.5. The molecule has 0 fully saturated rings. The Kier molecular flexibility index (Phi) is 5.78. The van der Waals surface area contributed by atoms with Gasteiger partial charge in [0.2, 0.25) is 0 Å². The predicted molar refractivity (Wildman–Crippen MR) is 83.6 cm³/mol. The highest BCUT2D eigenvalue weighted by Gasteiger charge is 2.08. The molecule has 0 saturated carbocycles. The molecule has 0 saturated heterocycles. The molecule has 2 aromatic carbocycles. The fourth-order valence-corrected chi connectivity index (χ4v) is 2.00. The maximum Gasteiger partial charge on any atom is 0.119 e. The zero-order valence-corrected chi connectivity index (χ0v) is 12.6. The van der Waals surface area contributed by atoms with E-state index in [1.807, 2.05) is 55.5 Å². The van der Waals surface area contributed by atoms with Crippen molar-refractivity contribution in [1.82, 2.24) is 0 Å². The smallest absolute Gasteiger partial charge is 0.119 e. The molecule has 21 heavy (non-hydrogen) atoms. The van der Waals surface area contributed by atoms with Crippen molar-refractivity contribution in [3.8, 4) is 5.75 Å². The number of aliphatic hydroxyl groups is 1. The fraction of sp³-hybridized carbons (Fsp3) is 0.333. The summed E-state index contributed by atoms with van der Waals surface area (Å²) in [5.74, 6) is 0.829. The van der Waals surface area contributed by atoms with Crippen LogP contribution in [0.25, 0.3) is 0 Å². The first-order chi connectivity index (χ1) is 10.2. The molecule has 1 atom stereocenters. The topological polar surface area (TPSA) is 38.7 Å². The molecule has 112 valence electrons.